The number of nitrogens with zero attached hydrogens (tertiary/aromatic N) is 1. The summed E-state index contributed by atoms with van der Waals surface area (Å²) >= 11 is 0. The van der Waals surface area contributed by atoms with Crippen LogP contribution in [0.4, 0.5) is 13.2 Å². The van der Waals surface area contributed by atoms with Crippen LogP contribution in [-0.2, 0) is 23.9 Å². The molecule has 2 aromatic rings. The molecule has 0 aliphatic carbocycles. The average molecular weight is 369 g/mol. The Bertz CT molecular complexity index is 685. The second kappa shape index (κ2) is 9.86. The fourth-order valence-electron chi connectivity index (χ4n) is 2.22. The molecule has 142 valence electrons. The summed E-state index contributed by atoms with van der Waals surface area (Å²) in [6.45, 7) is 1.73. The monoisotopic (exact) mass is 369 g/mol. The van der Waals surface area contributed by atoms with Gasteiger partial charge in [-0.15, -0.1) is 0 Å². The number of hydrogen-bond donors (Lipinski definition) is 2. The first-order valence-electron chi connectivity index (χ1n) is 8.18. The van der Waals surface area contributed by atoms with Gasteiger partial charge in [0, 0.05) is 26.6 Å². The first-order valence-corrected chi connectivity index (χ1v) is 8.18. The first kappa shape index (κ1) is 19.8. The second-order valence-corrected chi connectivity index (χ2v) is 5.54. The van der Waals surface area contributed by atoms with Crippen molar-refractivity contribution >= 4 is 5.96 Å². The van der Waals surface area contributed by atoms with Crippen LogP contribution in [0.3, 0.4) is 0 Å². The Labute approximate surface area is 150 Å². The molecular weight excluding hydrogens is 347 g/mol. The third-order valence-electron chi connectivity index (χ3n) is 3.52. The van der Waals surface area contributed by atoms with Crippen LogP contribution in [0, 0.1) is 0 Å². The predicted molar refractivity (Wildman–Crippen MR) is 92.9 cm³/mol. The van der Waals surface area contributed by atoms with E-state index in [0.29, 0.717) is 37.6 Å². The van der Waals surface area contributed by atoms with E-state index >= 15 is 0 Å². The summed E-state index contributed by atoms with van der Waals surface area (Å²) in [7, 11) is 1.59. The summed E-state index contributed by atoms with van der Waals surface area (Å²) in [6.07, 6.45) is -2.09. The van der Waals surface area contributed by atoms with E-state index < -0.39 is 11.7 Å². The molecule has 0 amide bonds. The molecular formula is C18H22F3N3O2. The topological polar surface area (TPSA) is 58.8 Å². The third kappa shape index (κ3) is 6.79. The van der Waals surface area contributed by atoms with Crippen molar-refractivity contribution in [3.05, 3.63) is 59.5 Å². The smallest absolute Gasteiger partial charge is 0.416 e. The highest BCUT2D eigenvalue weighted by molar-refractivity contribution is 5.79. The molecule has 0 saturated carbocycles. The van der Waals surface area contributed by atoms with Crippen molar-refractivity contribution < 1.29 is 22.3 Å². The Hall–Kier alpha value is -2.48. The van der Waals surface area contributed by atoms with Crippen LogP contribution in [0.15, 0.2) is 52.1 Å². The van der Waals surface area contributed by atoms with E-state index in [2.05, 4.69) is 15.6 Å². The quantitative estimate of drug-likeness (QED) is 0.426. The SMILES string of the molecule is COCCNC(=NCc1cccc(C(F)(F)F)c1)NCCc1ccco1. The van der Waals surface area contributed by atoms with Crippen molar-refractivity contribution in [1.82, 2.24) is 10.6 Å². The van der Waals surface area contributed by atoms with E-state index in [9.17, 15) is 13.2 Å². The molecule has 1 aromatic carbocycles. The standard InChI is InChI=1S/C18H22F3N3O2/c1-25-11-9-23-17(22-8-7-16-6-3-10-26-16)24-13-14-4-2-5-15(12-14)18(19,20)21/h2-6,10,12H,7-9,11,13H2,1H3,(H2,22,23,24). The minimum absolute atomic E-state index is 0.132. The zero-order valence-corrected chi connectivity index (χ0v) is 14.5. The maximum absolute atomic E-state index is 12.8. The Morgan fingerprint density at radius 1 is 1.15 bits per heavy atom. The highest BCUT2D eigenvalue weighted by atomic mass is 19.4. The first-order chi connectivity index (χ1) is 12.5. The van der Waals surface area contributed by atoms with E-state index in [4.69, 9.17) is 9.15 Å². The fraction of sp³-hybridized carbons (Fsp3) is 0.389. The minimum Gasteiger partial charge on any atom is -0.469 e. The van der Waals surface area contributed by atoms with Crippen LogP contribution < -0.4 is 10.6 Å². The van der Waals surface area contributed by atoms with Crippen molar-refractivity contribution in [3.8, 4) is 0 Å². The largest absolute Gasteiger partial charge is 0.469 e. The number of aliphatic imine (C=N–C) groups is 1. The van der Waals surface area contributed by atoms with Gasteiger partial charge in [0.15, 0.2) is 5.96 Å². The van der Waals surface area contributed by atoms with Gasteiger partial charge in [0.25, 0.3) is 0 Å². The van der Waals surface area contributed by atoms with Gasteiger partial charge in [-0.3, -0.25) is 0 Å². The van der Waals surface area contributed by atoms with Gasteiger partial charge in [0.05, 0.1) is 25.0 Å². The summed E-state index contributed by atoms with van der Waals surface area (Å²) in [5.74, 6) is 1.35. The fourth-order valence-corrected chi connectivity index (χ4v) is 2.22. The summed E-state index contributed by atoms with van der Waals surface area (Å²) in [5, 5.41) is 6.21. The van der Waals surface area contributed by atoms with Crippen LogP contribution in [-0.4, -0.2) is 32.8 Å². The number of nitrogens with one attached hydrogen (secondary N) is 2. The molecule has 2 N–H and O–H groups in total. The van der Waals surface area contributed by atoms with Gasteiger partial charge < -0.3 is 19.8 Å². The molecule has 0 unspecified atom stereocenters. The molecule has 0 aliphatic rings. The molecule has 1 aromatic heterocycles. The van der Waals surface area contributed by atoms with Crippen molar-refractivity contribution in [2.45, 2.75) is 19.1 Å². The predicted octanol–water partition coefficient (Wildman–Crippen LogP) is 3.22. The van der Waals surface area contributed by atoms with E-state index in [1.54, 1.807) is 19.4 Å². The van der Waals surface area contributed by atoms with E-state index in [-0.39, 0.29) is 6.54 Å². The van der Waals surface area contributed by atoms with Gasteiger partial charge in [-0.2, -0.15) is 13.2 Å². The van der Waals surface area contributed by atoms with Crippen LogP contribution in [0.1, 0.15) is 16.9 Å². The van der Waals surface area contributed by atoms with Crippen molar-refractivity contribution in [2.24, 2.45) is 4.99 Å². The number of furan rings is 1. The van der Waals surface area contributed by atoms with E-state index in [1.807, 2.05) is 12.1 Å². The molecule has 1 heterocycles. The number of benzene rings is 1. The number of rotatable bonds is 8. The van der Waals surface area contributed by atoms with E-state index in [1.165, 1.54) is 6.07 Å². The summed E-state index contributed by atoms with van der Waals surface area (Å²) in [6, 6.07) is 8.85. The molecule has 0 aliphatic heterocycles. The van der Waals surface area contributed by atoms with Crippen LogP contribution in [0.25, 0.3) is 0 Å². The van der Waals surface area contributed by atoms with Crippen molar-refractivity contribution in [2.75, 3.05) is 26.8 Å². The summed E-state index contributed by atoms with van der Waals surface area (Å²) in [4.78, 5) is 4.35. The Balaban J connectivity index is 1.96. The molecule has 0 spiro atoms. The zero-order chi connectivity index (χ0) is 18.8. The zero-order valence-electron chi connectivity index (χ0n) is 14.5. The lowest BCUT2D eigenvalue weighted by atomic mass is 10.1. The minimum atomic E-state index is -4.36. The molecule has 0 fully saturated rings. The lowest BCUT2D eigenvalue weighted by Crippen LogP contribution is -2.40. The Morgan fingerprint density at radius 2 is 1.96 bits per heavy atom. The van der Waals surface area contributed by atoms with Gasteiger partial charge in [-0.1, -0.05) is 12.1 Å². The number of hydrogen-bond acceptors (Lipinski definition) is 3. The molecule has 2 rings (SSSR count). The second-order valence-electron chi connectivity index (χ2n) is 5.54. The van der Waals surface area contributed by atoms with Crippen LogP contribution >= 0.6 is 0 Å². The maximum atomic E-state index is 12.8. The highest BCUT2D eigenvalue weighted by Crippen LogP contribution is 2.29. The van der Waals surface area contributed by atoms with Crippen LogP contribution in [0.2, 0.25) is 0 Å². The highest BCUT2D eigenvalue weighted by Gasteiger charge is 2.30. The van der Waals surface area contributed by atoms with Gasteiger partial charge in [0.1, 0.15) is 5.76 Å². The van der Waals surface area contributed by atoms with Gasteiger partial charge in [0.2, 0.25) is 0 Å². The lowest BCUT2D eigenvalue weighted by Gasteiger charge is -2.12. The third-order valence-corrected chi connectivity index (χ3v) is 3.52. The molecule has 0 saturated heterocycles. The van der Waals surface area contributed by atoms with Crippen molar-refractivity contribution in [3.63, 3.8) is 0 Å². The number of ether oxygens (including phenoxy) is 1. The number of alkyl halides is 3. The lowest BCUT2D eigenvalue weighted by molar-refractivity contribution is -0.137. The normalized spacial score (nSPS) is 12.2. The van der Waals surface area contributed by atoms with Gasteiger partial charge in [-0.05, 0) is 29.8 Å². The molecule has 0 radical (unpaired) electrons. The molecule has 26 heavy (non-hydrogen) atoms. The summed E-state index contributed by atoms with van der Waals surface area (Å²) in [5.41, 5.74) is -0.191. The number of guanidine groups is 1. The maximum Gasteiger partial charge on any atom is 0.416 e. The number of halogens is 3. The molecule has 8 heteroatoms. The Morgan fingerprint density at radius 3 is 2.65 bits per heavy atom. The molecule has 0 bridgehead atoms. The van der Waals surface area contributed by atoms with E-state index in [0.717, 1.165) is 17.9 Å². The van der Waals surface area contributed by atoms with Crippen molar-refractivity contribution in [1.29, 1.82) is 0 Å². The average Bonchev–Trinajstić information content (AvgIpc) is 3.12. The Kier molecular flexibility index (Phi) is 7.53. The van der Waals surface area contributed by atoms with Crippen LogP contribution in [0.5, 0.6) is 0 Å². The summed E-state index contributed by atoms with van der Waals surface area (Å²) < 4.78 is 48.6. The van der Waals surface area contributed by atoms with Gasteiger partial charge in [-0.25, -0.2) is 4.99 Å². The number of methoxy groups -OCH3 is 1. The molecule has 5 nitrogen and oxygen atoms in total. The van der Waals surface area contributed by atoms with Gasteiger partial charge >= 0.3 is 6.18 Å². The molecule has 0 atom stereocenters.